The third kappa shape index (κ3) is 9.88. The van der Waals surface area contributed by atoms with Crippen LogP contribution in [-0.2, 0) is 4.79 Å². The molecule has 0 bridgehead atoms. The Morgan fingerprint density at radius 1 is 1.13 bits per heavy atom. The number of hydrogen-bond donors (Lipinski definition) is 3. The number of hydrogen-bond acceptors (Lipinski definition) is 4. The van der Waals surface area contributed by atoms with E-state index in [0.717, 1.165) is 37.8 Å². The van der Waals surface area contributed by atoms with Crippen LogP contribution in [0.4, 0.5) is 5.69 Å². The zero-order valence-electron chi connectivity index (χ0n) is 19.3. The standard InChI is InChI=1S/C26H43N3O2/c1-2-3-4-5-6-7-8-15-20-29(23-18-13-10-14-19-23)28-26(31)25(30)24(27)21-22-16-11-9-12-17-22/h6-7,10,13-14,18-19,22,24-25,30H,2-5,8-9,11-12,15-17,20-21,27H2,1H3,(H,28,31)/t24-,25?/m1/s1. The minimum absolute atomic E-state index is 0.415. The Labute approximate surface area is 189 Å². The molecule has 2 atom stereocenters. The van der Waals surface area contributed by atoms with E-state index >= 15 is 0 Å². The highest BCUT2D eigenvalue weighted by Crippen LogP contribution is 2.27. The molecule has 2 rings (SSSR count). The van der Waals surface area contributed by atoms with Gasteiger partial charge in [-0.25, -0.2) is 0 Å². The Morgan fingerprint density at radius 2 is 1.81 bits per heavy atom. The molecule has 0 spiro atoms. The second kappa shape index (κ2) is 15.0. The third-order valence-corrected chi connectivity index (χ3v) is 6.21. The molecule has 0 saturated heterocycles. The summed E-state index contributed by atoms with van der Waals surface area (Å²) in [6, 6.07) is 9.27. The quantitative estimate of drug-likeness (QED) is 0.218. The number of unbranched alkanes of at least 4 members (excludes halogenated alkanes) is 4. The second-order valence-electron chi connectivity index (χ2n) is 8.92. The van der Waals surface area contributed by atoms with Crippen LogP contribution < -0.4 is 16.2 Å². The van der Waals surface area contributed by atoms with Crippen molar-refractivity contribution in [3.8, 4) is 0 Å². The molecule has 0 radical (unpaired) electrons. The molecule has 4 N–H and O–H groups in total. The smallest absolute Gasteiger partial charge is 0.268 e. The monoisotopic (exact) mass is 429 g/mol. The predicted molar refractivity (Wildman–Crippen MR) is 130 cm³/mol. The van der Waals surface area contributed by atoms with E-state index in [0.29, 0.717) is 18.9 Å². The van der Waals surface area contributed by atoms with Crippen LogP contribution in [0.25, 0.3) is 0 Å². The first-order valence-electron chi connectivity index (χ1n) is 12.3. The van der Waals surface area contributed by atoms with Gasteiger partial charge in [0.1, 0.15) is 6.10 Å². The minimum atomic E-state index is -1.19. The van der Waals surface area contributed by atoms with E-state index < -0.39 is 18.1 Å². The molecule has 1 amide bonds. The SMILES string of the molecule is CCCCCC=CCCCN(NC(=O)C(O)[C@H](N)CC1CCCCC1)c1ccccc1. The minimum Gasteiger partial charge on any atom is -0.382 e. The summed E-state index contributed by atoms with van der Waals surface area (Å²) in [5, 5.41) is 12.4. The predicted octanol–water partition coefficient (Wildman–Crippen LogP) is 5.10. The average molecular weight is 430 g/mol. The maximum absolute atomic E-state index is 12.7. The number of aliphatic hydroxyl groups is 1. The van der Waals surface area contributed by atoms with Crippen LogP contribution in [0.5, 0.6) is 0 Å². The van der Waals surface area contributed by atoms with E-state index in [9.17, 15) is 9.90 Å². The highest BCUT2D eigenvalue weighted by Gasteiger charge is 2.27. The Morgan fingerprint density at radius 3 is 2.48 bits per heavy atom. The molecule has 0 heterocycles. The fourth-order valence-electron chi connectivity index (χ4n) is 4.30. The van der Waals surface area contributed by atoms with Crippen molar-refractivity contribution in [3.05, 3.63) is 42.5 Å². The molecule has 1 fully saturated rings. The lowest BCUT2D eigenvalue weighted by atomic mass is 9.84. The topological polar surface area (TPSA) is 78.6 Å². The van der Waals surface area contributed by atoms with Gasteiger partial charge >= 0.3 is 0 Å². The number of carbonyl (C=O) groups is 1. The second-order valence-corrected chi connectivity index (χ2v) is 8.92. The van der Waals surface area contributed by atoms with Crippen LogP contribution >= 0.6 is 0 Å². The molecule has 31 heavy (non-hydrogen) atoms. The number of benzene rings is 1. The normalized spacial score (nSPS) is 16.9. The van der Waals surface area contributed by atoms with Gasteiger partial charge in [-0.15, -0.1) is 0 Å². The summed E-state index contributed by atoms with van der Waals surface area (Å²) in [5.74, 6) is 0.114. The fourth-order valence-corrected chi connectivity index (χ4v) is 4.30. The molecule has 1 aromatic rings. The average Bonchev–Trinajstić information content (AvgIpc) is 2.80. The Kier molecular flexibility index (Phi) is 12.3. The molecule has 1 aliphatic rings. The van der Waals surface area contributed by atoms with Gasteiger partial charge in [-0.1, -0.05) is 82.2 Å². The van der Waals surface area contributed by atoms with E-state index in [2.05, 4.69) is 24.5 Å². The molecule has 5 heteroatoms. The number of amides is 1. The number of nitrogens with zero attached hydrogens (tertiary/aromatic N) is 1. The lowest BCUT2D eigenvalue weighted by Gasteiger charge is -2.30. The molecular formula is C26H43N3O2. The molecular weight excluding hydrogens is 386 g/mol. The lowest BCUT2D eigenvalue weighted by molar-refractivity contribution is -0.130. The van der Waals surface area contributed by atoms with Gasteiger partial charge in [0.25, 0.3) is 5.91 Å². The molecule has 1 saturated carbocycles. The van der Waals surface area contributed by atoms with E-state index in [1.54, 1.807) is 0 Å². The van der Waals surface area contributed by atoms with E-state index in [1.165, 1.54) is 38.5 Å². The molecule has 1 unspecified atom stereocenters. The van der Waals surface area contributed by atoms with Crippen LogP contribution in [0.2, 0.25) is 0 Å². The van der Waals surface area contributed by atoms with Gasteiger partial charge in [0.2, 0.25) is 0 Å². The first kappa shape index (κ1) is 25.4. The summed E-state index contributed by atoms with van der Waals surface area (Å²) in [4.78, 5) is 12.7. The Bertz CT molecular complexity index is 629. The lowest BCUT2D eigenvalue weighted by Crippen LogP contribution is -2.53. The van der Waals surface area contributed by atoms with Crippen molar-refractivity contribution in [2.45, 2.75) is 96.1 Å². The largest absolute Gasteiger partial charge is 0.382 e. The number of nitrogens with two attached hydrogens (primary N) is 1. The molecule has 0 aliphatic heterocycles. The summed E-state index contributed by atoms with van der Waals surface area (Å²) in [7, 11) is 0. The van der Waals surface area contributed by atoms with Crippen LogP contribution in [0.15, 0.2) is 42.5 Å². The van der Waals surface area contributed by atoms with Crippen molar-refractivity contribution in [2.75, 3.05) is 11.6 Å². The van der Waals surface area contributed by atoms with Gasteiger partial charge in [-0.05, 0) is 50.2 Å². The maximum Gasteiger partial charge on any atom is 0.268 e. The van der Waals surface area contributed by atoms with Crippen molar-refractivity contribution in [1.82, 2.24) is 5.43 Å². The van der Waals surface area contributed by atoms with Crippen molar-refractivity contribution in [1.29, 1.82) is 0 Å². The first-order chi connectivity index (χ1) is 15.1. The van der Waals surface area contributed by atoms with Crippen molar-refractivity contribution in [2.24, 2.45) is 11.7 Å². The van der Waals surface area contributed by atoms with Gasteiger partial charge in [-0.3, -0.25) is 15.2 Å². The summed E-state index contributed by atoms with van der Waals surface area (Å²) in [6.07, 6.45) is 16.9. The fraction of sp³-hybridized carbons (Fsp3) is 0.654. The highest BCUT2D eigenvalue weighted by atomic mass is 16.3. The number of anilines is 1. The number of para-hydroxylation sites is 1. The Balaban J connectivity index is 1.84. The number of allylic oxidation sites excluding steroid dienone is 2. The van der Waals surface area contributed by atoms with Gasteiger partial charge in [-0.2, -0.15) is 0 Å². The Hall–Kier alpha value is -1.85. The summed E-state index contributed by atoms with van der Waals surface area (Å²) < 4.78 is 0. The number of aliphatic hydroxyl groups excluding tert-OH is 1. The van der Waals surface area contributed by atoms with Gasteiger partial charge < -0.3 is 10.8 Å². The summed E-state index contributed by atoms with van der Waals surface area (Å²) in [5.41, 5.74) is 10.0. The maximum atomic E-state index is 12.7. The van der Waals surface area contributed by atoms with E-state index in [1.807, 2.05) is 35.3 Å². The van der Waals surface area contributed by atoms with Crippen molar-refractivity contribution < 1.29 is 9.90 Å². The molecule has 0 aromatic heterocycles. The van der Waals surface area contributed by atoms with Crippen molar-refractivity contribution >= 4 is 11.6 Å². The summed E-state index contributed by atoms with van der Waals surface area (Å²) >= 11 is 0. The number of nitrogens with one attached hydrogen (secondary N) is 1. The zero-order valence-corrected chi connectivity index (χ0v) is 19.3. The van der Waals surface area contributed by atoms with Crippen LogP contribution in [0.1, 0.15) is 84.0 Å². The van der Waals surface area contributed by atoms with Crippen LogP contribution in [0.3, 0.4) is 0 Å². The number of hydrazine groups is 1. The zero-order chi connectivity index (χ0) is 22.3. The van der Waals surface area contributed by atoms with Crippen LogP contribution in [0, 0.1) is 5.92 Å². The number of carbonyl (C=O) groups excluding carboxylic acids is 1. The summed E-state index contributed by atoms with van der Waals surface area (Å²) in [6.45, 7) is 2.90. The van der Waals surface area contributed by atoms with E-state index in [4.69, 9.17) is 5.73 Å². The molecule has 1 aliphatic carbocycles. The van der Waals surface area contributed by atoms with Gasteiger partial charge in [0.15, 0.2) is 0 Å². The highest BCUT2D eigenvalue weighted by molar-refractivity contribution is 5.82. The van der Waals surface area contributed by atoms with Gasteiger partial charge in [0, 0.05) is 12.6 Å². The van der Waals surface area contributed by atoms with E-state index in [-0.39, 0.29) is 0 Å². The molecule has 5 nitrogen and oxygen atoms in total. The van der Waals surface area contributed by atoms with Gasteiger partial charge in [0.05, 0.1) is 5.69 Å². The number of rotatable bonds is 14. The van der Waals surface area contributed by atoms with Crippen molar-refractivity contribution in [3.63, 3.8) is 0 Å². The van der Waals surface area contributed by atoms with Crippen LogP contribution in [-0.4, -0.2) is 29.7 Å². The molecule has 1 aromatic carbocycles. The first-order valence-corrected chi connectivity index (χ1v) is 12.3. The molecule has 174 valence electrons. The third-order valence-electron chi connectivity index (χ3n) is 6.21.